The summed E-state index contributed by atoms with van der Waals surface area (Å²) in [4.78, 5) is 25.6. The highest BCUT2D eigenvalue weighted by Crippen LogP contribution is 2.12. The van der Waals surface area contributed by atoms with Gasteiger partial charge in [-0.25, -0.2) is 0 Å². The topological polar surface area (TPSA) is 75.4 Å². The third kappa shape index (κ3) is 4.42. The second kappa shape index (κ2) is 7.75. The Kier molecular flexibility index (Phi) is 7.07. The van der Waals surface area contributed by atoms with Gasteiger partial charge in [0.05, 0.1) is 0 Å². The summed E-state index contributed by atoms with van der Waals surface area (Å²) in [5.41, 5.74) is 7.53. The second-order valence-electron chi connectivity index (χ2n) is 4.62. The molecule has 0 saturated carbocycles. The zero-order chi connectivity index (χ0) is 14.6. The number of nitrogens with one attached hydrogen (secondary N) is 1. The average molecular weight is 300 g/mol. The van der Waals surface area contributed by atoms with Crippen LogP contribution in [0, 0.1) is 6.92 Å². The van der Waals surface area contributed by atoms with Crippen LogP contribution in [0.3, 0.4) is 0 Å². The predicted molar refractivity (Wildman–Crippen MR) is 83.1 cm³/mol. The molecule has 1 aromatic carbocycles. The molecule has 2 amide bonds. The molecule has 0 heterocycles. The normalized spacial score (nSPS) is 11.2. The first kappa shape index (κ1) is 18.2. The van der Waals surface area contributed by atoms with Crippen molar-refractivity contribution in [1.82, 2.24) is 10.2 Å². The number of rotatable bonds is 4. The van der Waals surface area contributed by atoms with E-state index in [9.17, 15) is 9.59 Å². The van der Waals surface area contributed by atoms with Crippen molar-refractivity contribution >= 4 is 29.9 Å². The number of nitrogen functional groups attached to an aromatic ring is 1. The first-order valence-corrected chi connectivity index (χ1v) is 6.28. The molecule has 1 aromatic rings. The smallest absolute Gasteiger partial charge is 0.252 e. The van der Waals surface area contributed by atoms with Gasteiger partial charge >= 0.3 is 0 Å². The zero-order valence-corrected chi connectivity index (χ0v) is 13.1. The van der Waals surface area contributed by atoms with Gasteiger partial charge in [-0.05, 0) is 38.5 Å². The average Bonchev–Trinajstić information content (AvgIpc) is 2.39. The molecule has 112 valence electrons. The summed E-state index contributed by atoms with van der Waals surface area (Å²) in [7, 11) is 1.71. The second-order valence-corrected chi connectivity index (χ2v) is 4.62. The Morgan fingerprint density at radius 1 is 1.40 bits per heavy atom. The number of carbonyl (C=O) groups excluding carboxylic acids is 2. The number of hydrogen-bond acceptors (Lipinski definition) is 3. The van der Waals surface area contributed by atoms with Crippen LogP contribution in [0.2, 0.25) is 0 Å². The van der Waals surface area contributed by atoms with E-state index in [4.69, 9.17) is 5.73 Å². The maximum absolute atomic E-state index is 12.1. The molecule has 0 fully saturated rings. The number of amides is 2. The maximum Gasteiger partial charge on any atom is 0.252 e. The standard InChI is InChI=1S/C14H21N3O2.ClH/c1-5-17(4)14(19)10(3)16-13(18)12-8-11(15)7-6-9(12)2;/h6-8,10H,5,15H2,1-4H3,(H,16,18);1H. The van der Waals surface area contributed by atoms with E-state index < -0.39 is 6.04 Å². The highest BCUT2D eigenvalue weighted by molar-refractivity contribution is 5.99. The molecule has 0 saturated heterocycles. The minimum absolute atomic E-state index is 0. The highest BCUT2D eigenvalue weighted by atomic mass is 35.5. The van der Waals surface area contributed by atoms with Crippen LogP contribution in [0.1, 0.15) is 29.8 Å². The summed E-state index contributed by atoms with van der Waals surface area (Å²) in [5, 5.41) is 2.69. The van der Waals surface area contributed by atoms with Crippen molar-refractivity contribution < 1.29 is 9.59 Å². The van der Waals surface area contributed by atoms with E-state index >= 15 is 0 Å². The van der Waals surface area contributed by atoms with Crippen molar-refractivity contribution in [2.45, 2.75) is 26.8 Å². The van der Waals surface area contributed by atoms with E-state index in [1.165, 1.54) is 0 Å². The summed E-state index contributed by atoms with van der Waals surface area (Å²) in [6.07, 6.45) is 0. The zero-order valence-electron chi connectivity index (χ0n) is 12.3. The van der Waals surface area contributed by atoms with Gasteiger partial charge in [0, 0.05) is 24.8 Å². The molecule has 5 nitrogen and oxygen atoms in total. The number of aryl methyl sites for hydroxylation is 1. The van der Waals surface area contributed by atoms with E-state index in [0.717, 1.165) is 5.56 Å². The van der Waals surface area contributed by atoms with Crippen molar-refractivity contribution in [2.75, 3.05) is 19.3 Å². The van der Waals surface area contributed by atoms with Gasteiger partial charge in [-0.1, -0.05) is 6.07 Å². The van der Waals surface area contributed by atoms with Crippen molar-refractivity contribution in [2.24, 2.45) is 0 Å². The summed E-state index contributed by atoms with van der Waals surface area (Å²) in [6.45, 7) is 6.00. The maximum atomic E-state index is 12.1. The molecular weight excluding hydrogens is 278 g/mol. The molecule has 1 rings (SSSR count). The van der Waals surface area contributed by atoms with Crippen LogP contribution in [0.4, 0.5) is 5.69 Å². The Hall–Kier alpha value is -1.75. The molecule has 0 aliphatic rings. The van der Waals surface area contributed by atoms with Crippen LogP contribution in [-0.2, 0) is 4.79 Å². The summed E-state index contributed by atoms with van der Waals surface area (Å²) < 4.78 is 0. The van der Waals surface area contributed by atoms with Gasteiger partial charge < -0.3 is 16.0 Å². The molecule has 0 radical (unpaired) electrons. The molecule has 0 aromatic heterocycles. The lowest BCUT2D eigenvalue weighted by Gasteiger charge is -2.21. The first-order chi connectivity index (χ1) is 8.86. The van der Waals surface area contributed by atoms with Crippen LogP contribution in [-0.4, -0.2) is 36.3 Å². The molecule has 0 bridgehead atoms. The van der Waals surface area contributed by atoms with Crippen LogP contribution in [0.25, 0.3) is 0 Å². The van der Waals surface area contributed by atoms with E-state index in [0.29, 0.717) is 17.8 Å². The third-order valence-electron chi connectivity index (χ3n) is 3.07. The van der Waals surface area contributed by atoms with Crippen molar-refractivity contribution in [1.29, 1.82) is 0 Å². The number of benzene rings is 1. The largest absolute Gasteiger partial charge is 0.399 e. The molecule has 3 N–H and O–H groups in total. The van der Waals surface area contributed by atoms with Crippen LogP contribution in [0.5, 0.6) is 0 Å². The number of nitrogens with zero attached hydrogens (tertiary/aromatic N) is 1. The quantitative estimate of drug-likeness (QED) is 0.829. The fourth-order valence-electron chi connectivity index (χ4n) is 1.71. The fraction of sp³-hybridized carbons (Fsp3) is 0.429. The number of halogens is 1. The Labute approximate surface area is 125 Å². The Morgan fingerprint density at radius 2 is 2.00 bits per heavy atom. The molecule has 1 atom stereocenters. The number of hydrogen-bond donors (Lipinski definition) is 2. The van der Waals surface area contributed by atoms with Crippen LogP contribution >= 0.6 is 12.4 Å². The Morgan fingerprint density at radius 3 is 2.55 bits per heavy atom. The lowest BCUT2D eigenvalue weighted by molar-refractivity contribution is -0.131. The highest BCUT2D eigenvalue weighted by Gasteiger charge is 2.20. The van der Waals surface area contributed by atoms with Gasteiger partial charge in [0.2, 0.25) is 5.91 Å². The van der Waals surface area contributed by atoms with Gasteiger partial charge in [-0.3, -0.25) is 9.59 Å². The summed E-state index contributed by atoms with van der Waals surface area (Å²) >= 11 is 0. The van der Waals surface area contributed by atoms with Crippen LogP contribution < -0.4 is 11.1 Å². The van der Waals surface area contributed by atoms with Gasteiger partial charge in [0.15, 0.2) is 0 Å². The van der Waals surface area contributed by atoms with Gasteiger partial charge in [-0.2, -0.15) is 0 Å². The third-order valence-corrected chi connectivity index (χ3v) is 3.07. The number of likely N-dealkylation sites (N-methyl/N-ethyl adjacent to an activating group) is 1. The number of carbonyl (C=O) groups is 2. The fourth-order valence-corrected chi connectivity index (χ4v) is 1.71. The molecule has 20 heavy (non-hydrogen) atoms. The van der Waals surface area contributed by atoms with Crippen molar-refractivity contribution in [3.8, 4) is 0 Å². The number of nitrogens with two attached hydrogens (primary N) is 1. The lowest BCUT2D eigenvalue weighted by Crippen LogP contribution is -2.45. The molecule has 1 unspecified atom stereocenters. The Balaban J connectivity index is 0.00000361. The van der Waals surface area contributed by atoms with Gasteiger partial charge in [0.25, 0.3) is 5.91 Å². The SMILES string of the molecule is CCN(C)C(=O)C(C)NC(=O)c1cc(N)ccc1C.Cl. The van der Waals surface area contributed by atoms with Gasteiger partial charge in [-0.15, -0.1) is 12.4 Å². The minimum Gasteiger partial charge on any atom is -0.399 e. The van der Waals surface area contributed by atoms with E-state index in [2.05, 4.69) is 5.32 Å². The van der Waals surface area contributed by atoms with Crippen molar-refractivity contribution in [3.63, 3.8) is 0 Å². The van der Waals surface area contributed by atoms with Crippen LogP contribution in [0.15, 0.2) is 18.2 Å². The summed E-state index contributed by atoms with van der Waals surface area (Å²) in [6, 6.07) is 4.59. The van der Waals surface area contributed by atoms with E-state index in [1.807, 2.05) is 13.8 Å². The molecule has 0 aliphatic carbocycles. The predicted octanol–water partition coefficient (Wildman–Crippen LogP) is 1.60. The molecule has 6 heteroatoms. The Bertz CT molecular complexity index is 491. The van der Waals surface area contributed by atoms with Crippen molar-refractivity contribution in [3.05, 3.63) is 29.3 Å². The number of anilines is 1. The van der Waals surface area contributed by atoms with Gasteiger partial charge in [0.1, 0.15) is 6.04 Å². The minimum atomic E-state index is -0.557. The monoisotopic (exact) mass is 299 g/mol. The first-order valence-electron chi connectivity index (χ1n) is 6.28. The summed E-state index contributed by atoms with van der Waals surface area (Å²) in [5.74, 6) is -0.396. The molecular formula is C14H22ClN3O2. The molecule has 0 aliphatic heterocycles. The van der Waals surface area contributed by atoms with E-state index in [1.54, 1.807) is 37.1 Å². The van der Waals surface area contributed by atoms with E-state index in [-0.39, 0.29) is 24.2 Å². The lowest BCUT2D eigenvalue weighted by atomic mass is 10.1. The molecule has 0 spiro atoms.